The number of rotatable bonds is 5. The van der Waals surface area contributed by atoms with Crippen LogP contribution in [0.15, 0.2) is 53.4 Å². The van der Waals surface area contributed by atoms with Crippen molar-refractivity contribution in [3.05, 3.63) is 59.7 Å². The Morgan fingerprint density at radius 3 is 2.72 bits per heavy atom. The molecule has 1 aliphatic heterocycles. The van der Waals surface area contributed by atoms with Crippen LogP contribution < -0.4 is 9.62 Å². The van der Waals surface area contributed by atoms with Gasteiger partial charge in [-0.25, -0.2) is 8.93 Å². The van der Waals surface area contributed by atoms with Gasteiger partial charge in [0.1, 0.15) is 11.0 Å². The summed E-state index contributed by atoms with van der Waals surface area (Å²) in [6.45, 7) is 3.31. The number of fused-ring (bicyclic) bond motifs is 1. The summed E-state index contributed by atoms with van der Waals surface area (Å²) in [5, 5.41) is 0. The lowest BCUT2D eigenvalue weighted by molar-refractivity contribution is -0.137. The van der Waals surface area contributed by atoms with Crippen molar-refractivity contribution >= 4 is 16.7 Å². The van der Waals surface area contributed by atoms with E-state index >= 15 is 0 Å². The van der Waals surface area contributed by atoms with Crippen LogP contribution in [-0.2, 0) is 23.6 Å². The Labute approximate surface area is 147 Å². The average molecular weight is 368 g/mol. The van der Waals surface area contributed by atoms with Gasteiger partial charge in [-0.15, -0.1) is 0 Å². The fraction of sp³-hybridized carbons (Fsp3) is 0.333. The van der Waals surface area contributed by atoms with Crippen LogP contribution in [-0.4, -0.2) is 23.3 Å². The van der Waals surface area contributed by atoms with Crippen molar-refractivity contribution in [2.75, 3.05) is 18.0 Å². The van der Waals surface area contributed by atoms with Crippen molar-refractivity contribution in [3.8, 4) is 0 Å². The fourth-order valence-electron chi connectivity index (χ4n) is 3.00. The first-order valence-corrected chi connectivity index (χ1v) is 9.18. The molecule has 0 radical (unpaired) electrons. The van der Waals surface area contributed by atoms with Gasteiger partial charge >= 0.3 is 6.18 Å². The fourth-order valence-corrected chi connectivity index (χ4v) is 3.99. The summed E-state index contributed by atoms with van der Waals surface area (Å²) in [6, 6.07) is 12.8. The Balaban J connectivity index is 1.63. The monoisotopic (exact) mass is 368 g/mol. The number of alkyl halides is 3. The Hall–Kier alpha value is -1.86. The molecular formula is C18H19F3N2OS. The van der Waals surface area contributed by atoms with E-state index in [1.54, 1.807) is 0 Å². The van der Waals surface area contributed by atoms with E-state index in [0.717, 1.165) is 25.1 Å². The third-order valence-electron chi connectivity index (χ3n) is 4.34. The summed E-state index contributed by atoms with van der Waals surface area (Å²) in [5.41, 5.74) is 1.66. The second-order valence-electron chi connectivity index (χ2n) is 6.06. The van der Waals surface area contributed by atoms with Crippen molar-refractivity contribution in [1.82, 2.24) is 4.72 Å². The van der Waals surface area contributed by atoms with E-state index in [4.69, 9.17) is 0 Å². The van der Waals surface area contributed by atoms with Gasteiger partial charge in [-0.1, -0.05) is 24.3 Å². The van der Waals surface area contributed by atoms with Crippen LogP contribution in [0, 0.1) is 0 Å². The smallest absolute Gasteiger partial charge is 0.367 e. The van der Waals surface area contributed by atoms with Crippen LogP contribution in [0.3, 0.4) is 0 Å². The van der Waals surface area contributed by atoms with Gasteiger partial charge < -0.3 is 4.90 Å². The van der Waals surface area contributed by atoms with E-state index in [1.807, 2.05) is 19.1 Å². The molecule has 3 nitrogen and oxygen atoms in total. The predicted molar refractivity (Wildman–Crippen MR) is 92.8 cm³/mol. The van der Waals surface area contributed by atoms with E-state index < -0.39 is 22.7 Å². The Bertz CT molecular complexity index is 779. The molecule has 0 spiro atoms. The highest BCUT2D eigenvalue weighted by Crippen LogP contribution is 2.30. The minimum atomic E-state index is -4.44. The molecule has 1 heterocycles. The number of benzene rings is 2. The standard InChI is InChI=1S/C18H19F3N2OS/c1-13(23-10-9-14-5-2-3-8-17(14)23)12-22-25(24)16-7-4-6-15(11-16)18(19,20)21/h2-8,11,13,22H,9-10,12H2,1H3. The summed E-state index contributed by atoms with van der Waals surface area (Å²) in [4.78, 5) is 2.36. The second kappa shape index (κ2) is 7.17. The molecule has 2 atom stereocenters. The first kappa shape index (κ1) is 17.9. The number of hydrogen-bond acceptors (Lipinski definition) is 2. The van der Waals surface area contributed by atoms with Gasteiger partial charge in [-0.3, -0.25) is 0 Å². The van der Waals surface area contributed by atoms with E-state index in [1.165, 1.54) is 23.4 Å². The third kappa shape index (κ3) is 4.04. The van der Waals surface area contributed by atoms with Crippen LogP contribution in [0.5, 0.6) is 0 Å². The largest absolute Gasteiger partial charge is 0.416 e. The number of anilines is 1. The lowest BCUT2D eigenvalue weighted by atomic mass is 10.2. The second-order valence-corrected chi connectivity index (χ2v) is 7.36. The van der Waals surface area contributed by atoms with E-state index in [-0.39, 0.29) is 10.9 Å². The molecule has 0 aromatic heterocycles. The SMILES string of the molecule is CC(CNS(=O)c1cccc(C(F)(F)F)c1)N1CCc2ccccc21. The maximum absolute atomic E-state index is 12.8. The maximum Gasteiger partial charge on any atom is 0.416 e. The van der Waals surface area contributed by atoms with Crippen molar-refractivity contribution in [1.29, 1.82) is 0 Å². The zero-order chi connectivity index (χ0) is 18.0. The quantitative estimate of drug-likeness (QED) is 0.871. The number of para-hydroxylation sites is 1. The third-order valence-corrected chi connectivity index (χ3v) is 5.45. The summed E-state index contributed by atoms with van der Waals surface area (Å²) in [7, 11) is -1.68. The molecule has 0 fully saturated rings. The van der Waals surface area contributed by atoms with E-state index in [2.05, 4.69) is 21.8 Å². The average Bonchev–Trinajstić information content (AvgIpc) is 3.03. The molecule has 2 aromatic rings. The topological polar surface area (TPSA) is 32.3 Å². The van der Waals surface area contributed by atoms with Gasteiger partial charge in [-0.2, -0.15) is 13.2 Å². The van der Waals surface area contributed by atoms with Crippen molar-refractivity contribution in [3.63, 3.8) is 0 Å². The Kier molecular flexibility index (Phi) is 5.15. The van der Waals surface area contributed by atoms with Crippen molar-refractivity contribution < 1.29 is 17.4 Å². The maximum atomic E-state index is 12.8. The highest BCUT2D eigenvalue weighted by Gasteiger charge is 2.31. The minimum absolute atomic E-state index is 0.0819. The molecule has 0 bridgehead atoms. The lowest BCUT2D eigenvalue weighted by Gasteiger charge is -2.27. The summed E-state index contributed by atoms with van der Waals surface area (Å²) >= 11 is 0. The zero-order valence-electron chi connectivity index (χ0n) is 13.7. The highest BCUT2D eigenvalue weighted by atomic mass is 32.2. The van der Waals surface area contributed by atoms with E-state index in [0.29, 0.717) is 6.54 Å². The number of nitrogens with zero attached hydrogens (tertiary/aromatic N) is 1. The molecule has 3 rings (SSSR count). The number of nitrogens with one attached hydrogen (secondary N) is 1. The van der Waals surface area contributed by atoms with Crippen LogP contribution in [0.4, 0.5) is 18.9 Å². The first-order valence-electron chi connectivity index (χ1n) is 8.03. The van der Waals surface area contributed by atoms with Gasteiger partial charge in [0, 0.05) is 24.8 Å². The van der Waals surface area contributed by atoms with Gasteiger partial charge in [0.15, 0.2) is 0 Å². The zero-order valence-corrected chi connectivity index (χ0v) is 14.5. The minimum Gasteiger partial charge on any atom is -0.367 e. The molecule has 0 saturated carbocycles. The van der Waals surface area contributed by atoms with Crippen LogP contribution in [0.1, 0.15) is 18.1 Å². The molecular weight excluding hydrogens is 349 g/mol. The summed E-state index contributed by atoms with van der Waals surface area (Å²) < 4.78 is 53.4. The highest BCUT2D eigenvalue weighted by molar-refractivity contribution is 7.83. The molecule has 7 heteroatoms. The number of halogens is 3. The van der Waals surface area contributed by atoms with Gasteiger partial charge in [0.2, 0.25) is 0 Å². The van der Waals surface area contributed by atoms with Gasteiger partial charge in [0.05, 0.1) is 10.5 Å². The van der Waals surface area contributed by atoms with E-state index in [9.17, 15) is 17.4 Å². The molecule has 2 aromatic carbocycles. The number of hydrogen-bond donors (Lipinski definition) is 1. The summed E-state index contributed by atoms with van der Waals surface area (Å²) in [5.74, 6) is 0. The van der Waals surface area contributed by atoms with Crippen molar-refractivity contribution in [2.24, 2.45) is 0 Å². The predicted octanol–water partition coefficient (Wildman–Crippen LogP) is 3.77. The first-order chi connectivity index (χ1) is 11.9. The van der Waals surface area contributed by atoms with Crippen molar-refractivity contribution in [2.45, 2.75) is 30.5 Å². The normalized spacial score (nSPS) is 16.6. The molecule has 0 amide bonds. The molecule has 25 heavy (non-hydrogen) atoms. The van der Waals surface area contributed by atoms with Crippen LogP contribution in [0.2, 0.25) is 0 Å². The van der Waals surface area contributed by atoms with Crippen LogP contribution in [0.25, 0.3) is 0 Å². The van der Waals surface area contributed by atoms with Crippen LogP contribution >= 0.6 is 0 Å². The molecule has 134 valence electrons. The lowest BCUT2D eigenvalue weighted by Crippen LogP contribution is -2.40. The molecule has 0 aliphatic carbocycles. The molecule has 2 unspecified atom stereocenters. The summed E-state index contributed by atoms with van der Waals surface area (Å²) in [6.07, 6.45) is -3.47. The van der Waals surface area contributed by atoms with Gasteiger partial charge in [-0.05, 0) is 43.2 Å². The molecule has 1 N–H and O–H groups in total. The molecule has 0 saturated heterocycles. The molecule has 1 aliphatic rings. The Morgan fingerprint density at radius 2 is 1.96 bits per heavy atom. The Morgan fingerprint density at radius 1 is 1.20 bits per heavy atom. The van der Waals surface area contributed by atoms with Gasteiger partial charge in [0.25, 0.3) is 0 Å².